The molecule has 0 unspecified atom stereocenters. The van der Waals surface area contributed by atoms with Crippen LogP contribution in [0.3, 0.4) is 0 Å². The average Bonchev–Trinajstić information content (AvgIpc) is 3.67. The normalized spacial score (nSPS) is 15.2. The number of anilines is 2. The highest BCUT2D eigenvalue weighted by molar-refractivity contribution is 6.36. The molecule has 4 amide bonds. The Morgan fingerprint density at radius 3 is 0.897 bits per heavy atom. The van der Waals surface area contributed by atoms with Gasteiger partial charge in [-0.3, -0.25) is 19.2 Å². The lowest BCUT2D eigenvalue weighted by Gasteiger charge is -2.25. The molecular weight excluding hydrogens is 853 g/mol. The second kappa shape index (κ2) is 15.3. The van der Waals surface area contributed by atoms with Crippen LogP contribution >= 0.6 is 0 Å². The predicted octanol–water partition coefficient (Wildman–Crippen LogP) is 11.7. The topological polar surface area (TPSA) is 167 Å². The predicted molar refractivity (Wildman–Crippen MR) is 265 cm³/mol. The lowest BCUT2D eigenvalue weighted by molar-refractivity contribution is 0.0909. The third-order valence-electron chi connectivity index (χ3n) is 13.7. The van der Waals surface area contributed by atoms with Gasteiger partial charge in [0.05, 0.1) is 77.8 Å². The Balaban J connectivity index is 0.935. The van der Waals surface area contributed by atoms with E-state index >= 15 is 0 Å². The molecule has 0 fully saturated rings. The summed E-state index contributed by atoms with van der Waals surface area (Å²) in [5, 5.41) is 21.2. The number of phenols is 2. The van der Waals surface area contributed by atoms with Crippen molar-refractivity contribution in [1.82, 2.24) is 19.9 Å². The molecule has 0 radical (unpaired) electrons. The zero-order valence-electron chi connectivity index (χ0n) is 39.0. The van der Waals surface area contributed by atoms with E-state index in [0.717, 1.165) is 44.5 Å². The Morgan fingerprint density at radius 2 is 0.632 bits per heavy atom. The number of benzene rings is 6. The number of rotatable bonds is 6. The maximum atomic E-state index is 14.2. The Labute approximate surface area is 392 Å². The van der Waals surface area contributed by atoms with Crippen molar-refractivity contribution in [3.63, 3.8) is 0 Å². The molecule has 6 aromatic carbocycles. The van der Waals surface area contributed by atoms with E-state index in [4.69, 9.17) is 19.9 Å². The van der Waals surface area contributed by atoms with Crippen LogP contribution in [0, 0.1) is 0 Å². The van der Waals surface area contributed by atoms with Crippen molar-refractivity contribution in [2.45, 2.75) is 91.9 Å². The number of amides is 4. The number of carbonyl (C=O) groups excluding carboxylic acids is 4. The zero-order valence-corrected chi connectivity index (χ0v) is 39.0. The molecule has 338 valence electrons. The number of aryl methyl sites for hydroxylation is 2. The minimum Gasteiger partial charge on any atom is -0.508 e. The molecule has 0 atom stereocenters. The molecule has 12 heteroatoms. The maximum Gasteiger partial charge on any atom is 0.266 e. The first kappa shape index (κ1) is 42.8. The standard InChI is InChI=1S/C56H48N6O6/c1-25(2)35-17-33(63)18-36(26(3)4)51(35)61-53(65)39-21-47-48(22-40(39)54(61)66)58-44-14-30-10-12-32-16-46-45(15-31(32)11-9-29(30)13-43(44)57-47)59-49-23-41-42(24-50(49)60-46)56(68)62(55(41)67)52-37(27(5)6)19-34(64)20-38(52)28(7)8/h9,11,13-28,63-64H,10,12H2,1-8H3/b11-9-. The first-order valence-corrected chi connectivity index (χ1v) is 23.2. The van der Waals surface area contributed by atoms with Crippen LogP contribution in [0.15, 0.2) is 72.8 Å². The molecule has 2 N–H and O–H groups in total. The Hall–Kier alpha value is -7.86. The molecule has 2 aromatic heterocycles. The van der Waals surface area contributed by atoms with Crippen molar-refractivity contribution in [2.75, 3.05) is 9.80 Å². The SMILES string of the molecule is CC(C)c1cc(O)cc(C(C)C)c1N1C(=O)c2cc3nc4cc5c(cc4nc3cc2C1=O)CCc1cc2nc3cc4c(cc3nc2cc1/C=C\5)C(=O)N(c1c(C(C)C)cc(O)cc1C(C)C)C4=O. The summed E-state index contributed by atoms with van der Waals surface area (Å²) in [4.78, 5) is 79.3. The Morgan fingerprint density at radius 1 is 0.382 bits per heavy atom. The van der Waals surface area contributed by atoms with Crippen molar-refractivity contribution in [2.24, 2.45) is 0 Å². The minimum absolute atomic E-state index is 0.0636. The molecule has 12 nitrogen and oxygen atoms in total. The van der Waals surface area contributed by atoms with E-state index in [0.29, 0.717) is 68.4 Å². The molecule has 0 saturated heterocycles. The van der Waals surface area contributed by atoms with Crippen LogP contribution in [0.25, 0.3) is 56.3 Å². The Bertz CT molecular complexity index is 3370. The summed E-state index contributed by atoms with van der Waals surface area (Å²) in [5.74, 6) is -1.79. The van der Waals surface area contributed by atoms with Crippen molar-refractivity contribution in [3.8, 4) is 11.5 Å². The van der Waals surface area contributed by atoms with Crippen LogP contribution in [0.5, 0.6) is 11.5 Å². The van der Waals surface area contributed by atoms with Gasteiger partial charge < -0.3 is 10.2 Å². The summed E-state index contributed by atoms with van der Waals surface area (Å²) < 4.78 is 0. The fourth-order valence-corrected chi connectivity index (χ4v) is 10.2. The molecule has 11 rings (SSSR count). The fourth-order valence-electron chi connectivity index (χ4n) is 10.2. The maximum absolute atomic E-state index is 14.2. The van der Waals surface area contributed by atoms with E-state index < -0.39 is 23.6 Å². The number of hydrogen-bond acceptors (Lipinski definition) is 10. The molecule has 0 saturated carbocycles. The largest absolute Gasteiger partial charge is 0.508 e. The second-order valence-corrected chi connectivity index (χ2v) is 19.6. The van der Waals surface area contributed by atoms with Gasteiger partial charge in [0.2, 0.25) is 0 Å². The molecular formula is C56H48N6O6. The first-order valence-electron chi connectivity index (χ1n) is 23.2. The highest BCUT2D eigenvalue weighted by Crippen LogP contribution is 2.44. The highest BCUT2D eigenvalue weighted by atomic mass is 16.3. The van der Waals surface area contributed by atoms with Gasteiger partial charge in [-0.2, -0.15) is 0 Å². The number of aromatic nitrogens is 4. The third kappa shape index (κ3) is 6.56. The number of hydrogen-bond donors (Lipinski definition) is 2. The van der Waals surface area contributed by atoms with Crippen molar-refractivity contribution < 1.29 is 29.4 Å². The smallest absolute Gasteiger partial charge is 0.266 e. The van der Waals surface area contributed by atoms with Gasteiger partial charge in [0.1, 0.15) is 11.5 Å². The van der Waals surface area contributed by atoms with E-state index in [1.165, 1.54) is 9.80 Å². The molecule has 4 heterocycles. The molecule has 3 aliphatic rings. The number of fused-ring (bicyclic) bond motifs is 8. The minimum atomic E-state index is -0.432. The number of imide groups is 2. The van der Waals surface area contributed by atoms with Crippen LogP contribution < -0.4 is 9.80 Å². The van der Waals surface area contributed by atoms with E-state index in [1.807, 2.05) is 79.7 Å². The van der Waals surface area contributed by atoms with Gasteiger partial charge in [0, 0.05) is 0 Å². The van der Waals surface area contributed by atoms with E-state index in [-0.39, 0.29) is 57.4 Å². The molecule has 2 aliphatic heterocycles. The molecule has 0 bridgehead atoms. The number of carbonyl (C=O) groups is 4. The van der Waals surface area contributed by atoms with Crippen LogP contribution in [0.1, 0.15) is 165 Å². The summed E-state index contributed by atoms with van der Waals surface area (Å²) >= 11 is 0. The number of aromatic hydroxyl groups is 2. The van der Waals surface area contributed by atoms with Crippen LogP contribution in [-0.4, -0.2) is 53.8 Å². The lowest BCUT2D eigenvalue weighted by Crippen LogP contribution is -2.31. The summed E-state index contributed by atoms with van der Waals surface area (Å²) in [6.07, 6.45) is 5.50. The number of nitrogens with zero attached hydrogens (tertiary/aromatic N) is 6. The van der Waals surface area contributed by atoms with Crippen LogP contribution in [-0.2, 0) is 12.8 Å². The lowest BCUT2D eigenvalue weighted by atomic mass is 9.91. The van der Waals surface area contributed by atoms with Crippen molar-refractivity contribution in [1.29, 1.82) is 0 Å². The van der Waals surface area contributed by atoms with Crippen molar-refractivity contribution in [3.05, 3.63) is 140 Å². The van der Waals surface area contributed by atoms with Gasteiger partial charge in [-0.25, -0.2) is 29.7 Å². The molecule has 8 aromatic rings. The summed E-state index contributed by atoms with van der Waals surface area (Å²) in [6, 6.07) is 21.3. The van der Waals surface area contributed by atoms with Gasteiger partial charge in [-0.1, -0.05) is 67.5 Å². The zero-order chi connectivity index (χ0) is 47.8. The van der Waals surface area contributed by atoms with Crippen LogP contribution in [0.2, 0.25) is 0 Å². The summed E-state index contributed by atoms with van der Waals surface area (Å²) in [7, 11) is 0. The summed E-state index contributed by atoms with van der Waals surface area (Å²) in [5.41, 5.74) is 13.7. The van der Waals surface area contributed by atoms with Gasteiger partial charge in [0.15, 0.2) is 0 Å². The fraction of sp³-hybridized carbons (Fsp3) is 0.250. The van der Waals surface area contributed by atoms with Gasteiger partial charge in [-0.15, -0.1) is 0 Å². The second-order valence-electron chi connectivity index (χ2n) is 19.6. The molecule has 68 heavy (non-hydrogen) atoms. The quantitative estimate of drug-likeness (QED) is 0.121. The average molecular weight is 901 g/mol. The molecule has 1 aliphatic carbocycles. The summed E-state index contributed by atoms with van der Waals surface area (Å²) in [6.45, 7) is 15.8. The number of phenolic OH excluding ortho intramolecular Hbond substituents is 2. The highest BCUT2D eigenvalue weighted by Gasteiger charge is 2.42. The Kier molecular flexibility index (Phi) is 9.65. The van der Waals surface area contributed by atoms with E-state index in [2.05, 4.69) is 12.2 Å². The van der Waals surface area contributed by atoms with Gasteiger partial charge in [0.25, 0.3) is 23.6 Å². The molecule has 0 spiro atoms. The van der Waals surface area contributed by atoms with E-state index in [1.54, 1.807) is 48.5 Å². The van der Waals surface area contributed by atoms with Crippen molar-refractivity contribution >= 4 is 91.3 Å². The van der Waals surface area contributed by atoms with E-state index in [9.17, 15) is 29.4 Å². The van der Waals surface area contributed by atoms with Crippen LogP contribution in [0.4, 0.5) is 11.4 Å². The van der Waals surface area contributed by atoms with Gasteiger partial charge in [-0.05, 0) is 154 Å². The van der Waals surface area contributed by atoms with Gasteiger partial charge >= 0.3 is 0 Å². The third-order valence-corrected chi connectivity index (χ3v) is 13.7. The monoisotopic (exact) mass is 900 g/mol. The first-order chi connectivity index (χ1) is 32.4.